The van der Waals surface area contributed by atoms with Crippen molar-refractivity contribution in [2.45, 2.75) is 12.7 Å². The van der Waals surface area contributed by atoms with Crippen LogP contribution in [0.3, 0.4) is 0 Å². The Kier molecular flexibility index (Phi) is 3.78. The largest absolute Gasteiger partial charge is 0.497 e. The van der Waals surface area contributed by atoms with Gasteiger partial charge < -0.3 is 4.74 Å². The Morgan fingerprint density at radius 1 is 1.35 bits per heavy atom. The quantitative estimate of drug-likeness (QED) is 0.811. The number of nitrogens with zero attached hydrogens (tertiary/aromatic N) is 2. The molecule has 0 atom stereocenters. The van der Waals surface area contributed by atoms with Crippen molar-refractivity contribution >= 4 is 5.78 Å². The highest BCUT2D eigenvalue weighted by Gasteiger charge is 2.33. The summed E-state index contributed by atoms with van der Waals surface area (Å²) in [6.07, 6.45) is -3.38. The zero-order valence-corrected chi connectivity index (χ0v) is 10.5. The van der Waals surface area contributed by atoms with E-state index in [1.807, 2.05) is 0 Å². The van der Waals surface area contributed by atoms with Gasteiger partial charge in [-0.2, -0.15) is 18.3 Å². The molecule has 0 aliphatic heterocycles. The number of rotatable bonds is 4. The number of Topliss-reactive ketones (excluding diaryl/α,β-unsaturated/α-hetero) is 1. The molecule has 0 aliphatic rings. The first kappa shape index (κ1) is 14.1. The van der Waals surface area contributed by atoms with Gasteiger partial charge in [-0.3, -0.25) is 9.48 Å². The second kappa shape index (κ2) is 5.36. The van der Waals surface area contributed by atoms with Gasteiger partial charge in [0.05, 0.1) is 7.11 Å². The van der Waals surface area contributed by atoms with Crippen molar-refractivity contribution in [3.05, 3.63) is 47.8 Å². The van der Waals surface area contributed by atoms with E-state index in [9.17, 15) is 18.0 Å². The van der Waals surface area contributed by atoms with Crippen LogP contribution in [0.25, 0.3) is 0 Å². The van der Waals surface area contributed by atoms with E-state index in [2.05, 4.69) is 5.10 Å². The van der Waals surface area contributed by atoms with Gasteiger partial charge in [0.25, 0.3) is 0 Å². The first-order valence-electron chi connectivity index (χ1n) is 5.68. The van der Waals surface area contributed by atoms with Crippen molar-refractivity contribution in [2.24, 2.45) is 0 Å². The molecule has 1 aromatic heterocycles. The van der Waals surface area contributed by atoms with Crippen molar-refractivity contribution < 1.29 is 22.7 Å². The fourth-order valence-corrected chi connectivity index (χ4v) is 1.64. The molecule has 0 saturated carbocycles. The Morgan fingerprint density at radius 3 is 2.70 bits per heavy atom. The minimum Gasteiger partial charge on any atom is -0.497 e. The van der Waals surface area contributed by atoms with E-state index >= 15 is 0 Å². The molecule has 0 unspecified atom stereocenters. The van der Waals surface area contributed by atoms with Crippen LogP contribution in [0, 0.1) is 0 Å². The highest BCUT2D eigenvalue weighted by Crippen LogP contribution is 2.27. The average Bonchev–Trinajstić information content (AvgIpc) is 2.87. The first-order valence-corrected chi connectivity index (χ1v) is 5.68. The number of ether oxygens (including phenoxy) is 1. The number of methoxy groups -OCH3 is 1. The van der Waals surface area contributed by atoms with Crippen molar-refractivity contribution in [1.82, 2.24) is 9.78 Å². The number of alkyl halides is 3. The maximum absolute atomic E-state index is 12.4. The molecule has 4 nitrogen and oxygen atoms in total. The summed E-state index contributed by atoms with van der Waals surface area (Å²) in [7, 11) is 1.46. The lowest BCUT2D eigenvalue weighted by molar-refractivity contribution is -0.141. The van der Waals surface area contributed by atoms with Crippen LogP contribution in [0.5, 0.6) is 5.75 Å². The molecular weight excluding hydrogens is 273 g/mol. The Labute approximate surface area is 112 Å². The smallest absolute Gasteiger partial charge is 0.435 e. The molecule has 2 rings (SSSR count). The van der Waals surface area contributed by atoms with E-state index in [-0.39, 0.29) is 12.3 Å². The lowest BCUT2D eigenvalue weighted by Gasteiger charge is -2.05. The van der Waals surface area contributed by atoms with E-state index < -0.39 is 11.9 Å². The van der Waals surface area contributed by atoms with Crippen LogP contribution >= 0.6 is 0 Å². The second-order valence-corrected chi connectivity index (χ2v) is 4.05. The molecule has 1 aromatic carbocycles. The van der Waals surface area contributed by atoms with Crippen molar-refractivity contribution in [3.8, 4) is 5.75 Å². The van der Waals surface area contributed by atoms with Gasteiger partial charge in [0, 0.05) is 11.8 Å². The molecule has 0 aliphatic carbocycles. The van der Waals surface area contributed by atoms with Crippen molar-refractivity contribution in [3.63, 3.8) is 0 Å². The molecule has 106 valence electrons. The lowest BCUT2D eigenvalue weighted by atomic mass is 10.1. The highest BCUT2D eigenvalue weighted by atomic mass is 19.4. The van der Waals surface area contributed by atoms with Gasteiger partial charge >= 0.3 is 6.18 Å². The number of ketones is 1. The van der Waals surface area contributed by atoms with Gasteiger partial charge in [0.15, 0.2) is 11.5 Å². The molecule has 0 spiro atoms. The fourth-order valence-electron chi connectivity index (χ4n) is 1.64. The van der Waals surface area contributed by atoms with Crippen LogP contribution in [0.15, 0.2) is 36.5 Å². The van der Waals surface area contributed by atoms with Crippen LogP contribution in [-0.4, -0.2) is 22.7 Å². The van der Waals surface area contributed by atoms with Crippen LogP contribution < -0.4 is 4.74 Å². The van der Waals surface area contributed by atoms with Gasteiger partial charge in [-0.1, -0.05) is 12.1 Å². The number of aromatic nitrogens is 2. The molecular formula is C13H11F3N2O2. The topological polar surface area (TPSA) is 44.1 Å². The molecule has 0 bridgehead atoms. The number of hydrogen-bond acceptors (Lipinski definition) is 3. The predicted octanol–water partition coefficient (Wildman–Crippen LogP) is 2.79. The number of halogens is 3. The molecule has 1 heterocycles. The fraction of sp³-hybridized carbons (Fsp3) is 0.231. The molecule has 20 heavy (non-hydrogen) atoms. The van der Waals surface area contributed by atoms with Crippen LogP contribution in [-0.2, 0) is 12.7 Å². The molecule has 0 fully saturated rings. The minimum absolute atomic E-state index is 0.261. The standard InChI is InChI=1S/C13H11F3N2O2/c1-20-10-4-2-3-9(7-10)11(19)8-18-6-5-12(17-18)13(14,15)16/h2-7H,8H2,1H3. The number of carbonyl (C=O) groups is 1. The van der Waals surface area contributed by atoms with Gasteiger partial charge in [-0.05, 0) is 18.2 Å². The molecule has 7 heteroatoms. The Hall–Kier alpha value is -2.31. The second-order valence-electron chi connectivity index (χ2n) is 4.05. The maximum Gasteiger partial charge on any atom is 0.435 e. The summed E-state index contributed by atoms with van der Waals surface area (Å²) in [5.41, 5.74) is -0.663. The average molecular weight is 284 g/mol. The Balaban J connectivity index is 2.13. The Morgan fingerprint density at radius 2 is 2.10 bits per heavy atom. The summed E-state index contributed by atoms with van der Waals surface area (Å²) in [6, 6.07) is 7.23. The number of carbonyl (C=O) groups excluding carboxylic acids is 1. The summed E-state index contributed by atoms with van der Waals surface area (Å²) in [4.78, 5) is 11.9. The van der Waals surface area contributed by atoms with Crippen LogP contribution in [0.4, 0.5) is 13.2 Å². The van der Waals surface area contributed by atoms with Gasteiger partial charge in [-0.25, -0.2) is 0 Å². The molecule has 0 saturated heterocycles. The monoisotopic (exact) mass is 284 g/mol. The van der Waals surface area contributed by atoms with Gasteiger partial charge in [0.2, 0.25) is 0 Å². The highest BCUT2D eigenvalue weighted by molar-refractivity contribution is 5.96. The predicted molar refractivity (Wildman–Crippen MR) is 64.6 cm³/mol. The van der Waals surface area contributed by atoms with Crippen molar-refractivity contribution in [2.75, 3.05) is 7.11 Å². The van der Waals surface area contributed by atoms with E-state index in [0.29, 0.717) is 11.3 Å². The number of hydrogen-bond donors (Lipinski definition) is 0. The number of benzene rings is 1. The van der Waals surface area contributed by atoms with Crippen LogP contribution in [0.2, 0.25) is 0 Å². The Bertz CT molecular complexity index is 620. The van der Waals surface area contributed by atoms with Crippen LogP contribution in [0.1, 0.15) is 16.1 Å². The molecule has 2 aromatic rings. The summed E-state index contributed by atoms with van der Waals surface area (Å²) in [5.74, 6) is 0.160. The van der Waals surface area contributed by atoms with E-state index in [4.69, 9.17) is 4.74 Å². The zero-order chi connectivity index (χ0) is 14.8. The molecule has 0 amide bonds. The lowest BCUT2D eigenvalue weighted by Crippen LogP contribution is -2.13. The summed E-state index contributed by atoms with van der Waals surface area (Å²) in [6.45, 7) is -0.261. The third-order valence-corrected chi connectivity index (χ3v) is 2.63. The third-order valence-electron chi connectivity index (χ3n) is 2.63. The van der Waals surface area contributed by atoms with E-state index in [0.717, 1.165) is 16.9 Å². The third kappa shape index (κ3) is 3.17. The van der Waals surface area contributed by atoms with E-state index in [1.165, 1.54) is 13.2 Å². The zero-order valence-electron chi connectivity index (χ0n) is 10.5. The normalized spacial score (nSPS) is 11.4. The molecule has 0 N–H and O–H groups in total. The van der Waals surface area contributed by atoms with Crippen molar-refractivity contribution in [1.29, 1.82) is 0 Å². The first-order chi connectivity index (χ1) is 9.40. The summed E-state index contributed by atoms with van der Waals surface area (Å²) in [5, 5.41) is 3.33. The maximum atomic E-state index is 12.4. The van der Waals surface area contributed by atoms with Gasteiger partial charge in [-0.15, -0.1) is 0 Å². The summed E-state index contributed by atoms with van der Waals surface area (Å²) >= 11 is 0. The summed E-state index contributed by atoms with van der Waals surface area (Å²) < 4.78 is 43.1. The molecule has 0 radical (unpaired) electrons. The minimum atomic E-state index is -4.51. The van der Waals surface area contributed by atoms with Gasteiger partial charge in [0.1, 0.15) is 12.3 Å². The van der Waals surface area contributed by atoms with E-state index in [1.54, 1.807) is 18.2 Å². The SMILES string of the molecule is COc1cccc(C(=O)Cn2ccc(C(F)(F)F)n2)c1.